The van der Waals surface area contributed by atoms with Gasteiger partial charge in [0.15, 0.2) is 5.82 Å². The minimum absolute atomic E-state index is 0.0230. The van der Waals surface area contributed by atoms with Gasteiger partial charge in [-0.25, -0.2) is 0 Å². The molecule has 0 saturated heterocycles. The molecule has 2 amide bonds. The molecule has 0 fully saturated rings. The molecule has 2 aromatic heterocycles. The Labute approximate surface area is 233 Å². The van der Waals surface area contributed by atoms with Crippen LogP contribution in [0.25, 0.3) is 0 Å². The van der Waals surface area contributed by atoms with E-state index < -0.39 is 0 Å². The molecule has 2 N–H and O–H groups in total. The average molecular weight is 549 g/mol. The fourth-order valence-electron chi connectivity index (χ4n) is 4.15. The van der Waals surface area contributed by atoms with Gasteiger partial charge in [-0.3, -0.25) is 9.59 Å². The van der Waals surface area contributed by atoms with Crippen LogP contribution in [-0.2, 0) is 28.9 Å². The maximum atomic E-state index is 12.4. The highest BCUT2D eigenvalue weighted by atomic mass is 32.1. The molecule has 206 valence electrons. The lowest BCUT2D eigenvalue weighted by Gasteiger charge is -2.08. The lowest BCUT2D eigenvalue weighted by molar-refractivity contribution is -0.117. The fraction of sp³-hybridized carbons (Fsp3) is 0.448. The maximum absolute atomic E-state index is 12.4. The van der Waals surface area contributed by atoms with Gasteiger partial charge < -0.3 is 15.4 Å². The molecule has 0 spiro atoms. The molecule has 39 heavy (non-hydrogen) atoms. The lowest BCUT2D eigenvalue weighted by atomic mass is 10.1. The van der Waals surface area contributed by atoms with E-state index in [-0.39, 0.29) is 11.8 Å². The zero-order chi connectivity index (χ0) is 27.1. The van der Waals surface area contributed by atoms with Crippen LogP contribution < -0.4 is 15.4 Å². The highest BCUT2D eigenvalue weighted by Gasteiger charge is 2.09. The molecule has 0 aliphatic carbocycles. The van der Waals surface area contributed by atoms with Crippen molar-refractivity contribution in [3.63, 3.8) is 0 Å². The summed E-state index contributed by atoms with van der Waals surface area (Å²) in [5.74, 6) is 1.17. The third-order valence-electron chi connectivity index (χ3n) is 6.29. The Balaban J connectivity index is 1.31. The third kappa shape index (κ3) is 10.6. The number of nitrogens with one attached hydrogen (secondary N) is 2. The smallest absolute Gasteiger partial charge is 0.226 e. The molecule has 3 aromatic rings. The first-order valence-corrected chi connectivity index (χ1v) is 14.6. The van der Waals surface area contributed by atoms with Gasteiger partial charge in [0.05, 0.1) is 12.3 Å². The summed E-state index contributed by atoms with van der Waals surface area (Å²) in [6, 6.07) is 11.6. The van der Waals surface area contributed by atoms with E-state index in [4.69, 9.17) is 4.74 Å². The normalized spacial score (nSPS) is 17.8. The van der Waals surface area contributed by atoms with E-state index in [0.29, 0.717) is 36.8 Å². The first-order valence-electron chi connectivity index (χ1n) is 13.8. The van der Waals surface area contributed by atoms with Crippen molar-refractivity contribution < 1.29 is 14.3 Å². The van der Waals surface area contributed by atoms with Crippen LogP contribution in [-0.4, -0.2) is 38.8 Å². The minimum Gasteiger partial charge on any atom is -0.494 e. The number of allylic oxidation sites excluding steroid dienone is 2. The topological polar surface area (TPSA) is 119 Å². The van der Waals surface area contributed by atoms with Crippen LogP contribution in [0.5, 0.6) is 5.75 Å². The van der Waals surface area contributed by atoms with Gasteiger partial charge in [-0.15, -0.1) is 15.3 Å². The first-order chi connectivity index (χ1) is 19.1. The maximum Gasteiger partial charge on any atom is 0.226 e. The number of hydrogen-bond acceptors (Lipinski definition) is 8. The van der Waals surface area contributed by atoms with Crippen LogP contribution in [0.1, 0.15) is 74.1 Å². The molecule has 0 saturated carbocycles. The van der Waals surface area contributed by atoms with Crippen molar-refractivity contribution >= 4 is 34.1 Å². The van der Waals surface area contributed by atoms with E-state index in [1.54, 1.807) is 6.07 Å². The molecule has 4 heterocycles. The Kier molecular flexibility index (Phi) is 11.4. The van der Waals surface area contributed by atoms with Gasteiger partial charge in [0, 0.05) is 19.3 Å². The highest BCUT2D eigenvalue weighted by Crippen LogP contribution is 2.19. The van der Waals surface area contributed by atoms with E-state index in [2.05, 4.69) is 43.2 Å². The monoisotopic (exact) mass is 548 g/mol. The van der Waals surface area contributed by atoms with Gasteiger partial charge >= 0.3 is 0 Å². The molecule has 0 atom stereocenters. The first kappa shape index (κ1) is 28.4. The van der Waals surface area contributed by atoms with Crippen LogP contribution in [0, 0.1) is 0 Å². The number of nitrogens with zero attached hydrogens (tertiary/aromatic N) is 4. The van der Waals surface area contributed by atoms with Crippen LogP contribution >= 0.6 is 11.3 Å². The number of benzene rings is 1. The molecular weight excluding hydrogens is 512 g/mol. The van der Waals surface area contributed by atoms with E-state index in [9.17, 15) is 9.59 Å². The van der Waals surface area contributed by atoms with Crippen LogP contribution in [0.3, 0.4) is 0 Å². The summed E-state index contributed by atoms with van der Waals surface area (Å²) >= 11 is 1.43. The summed E-state index contributed by atoms with van der Waals surface area (Å²) in [4.78, 5) is 24.7. The molecule has 1 aromatic carbocycles. The van der Waals surface area contributed by atoms with Crippen molar-refractivity contribution in [1.29, 1.82) is 0 Å². The second-order valence-electron chi connectivity index (χ2n) is 9.57. The Hall–Kier alpha value is -3.66. The number of anilines is 2. The number of aromatic nitrogens is 4. The highest BCUT2D eigenvalue weighted by molar-refractivity contribution is 7.15. The molecule has 10 heteroatoms. The number of carbonyl (C=O) groups is 2. The van der Waals surface area contributed by atoms with E-state index >= 15 is 0 Å². The Morgan fingerprint density at radius 2 is 1.56 bits per heavy atom. The minimum atomic E-state index is -0.0938. The van der Waals surface area contributed by atoms with Crippen molar-refractivity contribution in [2.45, 2.75) is 77.0 Å². The van der Waals surface area contributed by atoms with Crippen molar-refractivity contribution in [1.82, 2.24) is 20.4 Å². The number of aryl methyl sites for hydroxylation is 3. The Morgan fingerprint density at radius 1 is 0.718 bits per heavy atom. The predicted octanol–water partition coefficient (Wildman–Crippen LogP) is 5.69. The summed E-state index contributed by atoms with van der Waals surface area (Å²) in [7, 11) is 0. The molecular formula is C29H36N6O3S. The molecule has 9 nitrogen and oxygen atoms in total. The van der Waals surface area contributed by atoms with E-state index in [0.717, 1.165) is 79.8 Å². The number of hydrogen-bond donors (Lipinski definition) is 2. The van der Waals surface area contributed by atoms with Crippen LogP contribution in [0.2, 0.25) is 0 Å². The number of fused-ring (bicyclic) bond motifs is 18. The second-order valence-corrected chi connectivity index (χ2v) is 10.6. The van der Waals surface area contributed by atoms with Gasteiger partial charge in [-0.1, -0.05) is 35.6 Å². The number of rotatable bonds is 0. The Morgan fingerprint density at radius 3 is 2.44 bits per heavy atom. The van der Waals surface area contributed by atoms with Gasteiger partial charge in [0.25, 0.3) is 0 Å². The quantitative estimate of drug-likeness (QED) is 0.346. The molecule has 2 aliphatic heterocycles. The average Bonchev–Trinajstić information content (AvgIpc) is 3.38. The van der Waals surface area contributed by atoms with Crippen molar-refractivity contribution in [3.05, 3.63) is 64.8 Å². The van der Waals surface area contributed by atoms with Crippen molar-refractivity contribution in [3.8, 4) is 5.75 Å². The van der Waals surface area contributed by atoms with Gasteiger partial charge in [-0.2, -0.15) is 5.10 Å². The number of carbonyl (C=O) groups excluding carboxylic acids is 2. The number of ether oxygens (including phenoxy) is 1. The van der Waals surface area contributed by atoms with E-state index in [1.165, 1.54) is 11.3 Å². The molecule has 0 unspecified atom stereocenters. The SMILES string of the molecule is O=C1CCc2cccc(c2)OCCCC/C=C/CCCC(=O)Nc2nnc(s2)CCCCc2ccc(nn2)N1. The van der Waals surface area contributed by atoms with Crippen molar-refractivity contribution in [2.24, 2.45) is 0 Å². The van der Waals surface area contributed by atoms with Crippen LogP contribution in [0.15, 0.2) is 48.6 Å². The van der Waals surface area contributed by atoms with Gasteiger partial charge in [0.2, 0.25) is 16.9 Å². The molecule has 6 bridgehead atoms. The molecule has 2 aliphatic rings. The zero-order valence-corrected chi connectivity index (χ0v) is 23.0. The lowest BCUT2D eigenvalue weighted by Crippen LogP contribution is -2.14. The molecule has 5 rings (SSSR count). The standard InChI is InChI=1S/C29H36N6O3S/c36-26-14-6-4-2-1-3-5-9-20-38-24-13-10-11-22(21-24)16-19-27(37)30-25-18-17-23(32-33-25)12-7-8-15-28-34-35-29(31-26)39-28/h1-2,10-11,13,17-18,21H,3-9,12,14-16,19-20H2,(H,30,33,37)(H,31,35,36)/b2-1+. The summed E-state index contributed by atoms with van der Waals surface area (Å²) in [6.45, 7) is 0.653. The van der Waals surface area contributed by atoms with E-state index in [1.807, 2.05) is 30.3 Å². The molecule has 0 radical (unpaired) electrons. The number of amides is 2. The summed E-state index contributed by atoms with van der Waals surface area (Å²) in [5, 5.41) is 23.9. The van der Waals surface area contributed by atoms with Gasteiger partial charge in [0.1, 0.15) is 10.8 Å². The third-order valence-corrected chi connectivity index (χ3v) is 7.19. The second kappa shape index (κ2) is 15.7. The Bertz CT molecular complexity index is 1230. The summed E-state index contributed by atoms with van der Waals surface area (Å²) in [5.41, 5.74) is 1.94. The fourth-order valence-corrected chi connectivity index (χ4v) is 4.95. The van der Waals surface area contributed by atoms with Gasteiger partial charge in [-0.05, 0) is 87.6 Å². The largest absolute Gasteiger partial charge is 0.494 e. The summed E-state index contributed by atoms with van der Waals surface area (Å²) in [6.07, 6.45) is 13.9. The zero-order valence-electron chi connectivity index (χ0n) is 22.2. The van der Waals surface area contributed by atoms with Crippen LogP contribution in [0.4, 0.5) is 10.9 Å². The summed E-state index contributed by atoms with van der Waals surface area (Å²) < 4.78 is 5.91. The predicted molar refractivity (Wildman–Crippen MR) is 153 cm³/mol. The van der Waals surface area contributed by atoms with Crippen molar-refractivity contribution in [2.75, 3.05) is 17.2 Å².